The monoisotopic (exact) mass is 417 g/mol. The molecule has 3 aromatic rings. The van der Waals surface area contributed by atoms with E-state index in [1.165, 1.54) is 4.90 Å². The van der Waals surface area contributed by atoms with Gasteiger partial charge in [-0.3, -0.25) is 9.59 Å². The number of carbonyl (C=O) groups excluding carboxylic acids is 2. The van der Waals surface area contributed by atoms with Gasteiger partial charge in [-0.25, -0.2) is 0 Å². The van der Waals surface area contributed by atoms with E-state index < -0.39 is 0 Å². The molecule has 5 heteroatoms. The van der Waals surface area contributed by atoms with Gasteiger partial charge in [-0.1, -0.05) is 30.3 Å². The van der Waals surface area contributed by atoms with Crippen LogP contribution in [0.5, 0.6) is 5.75 Å². The van der Waals surface area contributed by atoms with Crippen molar-refractivity contribution < 1.29 is 14.3 Å². The number of ether oxygens (including phenoxy) is 1. The highest BCUT2D eigenvalue weighted by molar-refractivity contribution is 7.98. The zero-order chi connectivity index (χ0) is 21.3. The van der Waals surface area contributed by atoms with Crippen molar-refractivity contribution in [1.29, 1.82) is 0 Å². The second kappa shape index (κ2) is 10.5. The number of rotatable bonds is 8. The summed E-state index contributed by atoms with van der Waals surface area (Å²) in [7, 11) is 1.61. The Kier molecular flexibility index (Phi) is 7.46. The first-order chi connectivity index (χ1) is 14.6. The number of hydrogen-bond acceptors (Lipinski definition) is 4. The molecule has 0 spiro atoms. The van der Waals surface area contributed by atoms with Gasteiger partial charge in [0.1, 0.15) is 5.75 Å². The van der Waals surface area contributed by atoms with Crippen LogP contribution in [0, 0.1) is 0 Å². The number of benzene rings is 3. The third-order valence-electron chi connectivity index (χ3n) is 4.52. The van der Waals surface area contributed by atoms with Crippen LogP contribution in [-0.4, -0.2) is 25.1 Å². The molecule has 3 rings (SSSR count). The van der Waals surface area contributed by atoms with Crippen LogP contribution in [-0.2, 0) is 11.2 Å². The Morgan fingerprint density at radius 1 is 0.933 bits per heavy atom. The standard InChI is InChI=1S/C25H23NO3S/c1-29-22-12-3-19(4-13-22)17-25(28)26-21-10-8-20(9-11-21)24(27)16-7-18-5-14-23(30-2)15-6-18/h3-16H,17H2,1-2H3,(H,26,28)/b16-7+. The van der Waals surface area contributed by atoms with Crippen molar-refractivity contribution in [2.75, 3.05) is 18.7 Å². The van der Waals surface area contributed by atoms with Gasteiger partial charge < -0.3 is 10.1 Å². The summed E-state index contributed by atoms with van der Waals surface area (Å²) in [6, 6.07) is 22.3. The summed E-state index contributed by atoms with van der Waals surface area (Å²) >= 11 is 1.68. The molecule has 0 saturated heterocycles. The van der Waals surface area contributed by atoms with E-state index in [1.807, 2.05) is 54.8 Å². The minimum Gasteiger partial charge on any atom is -0.497 e. The number of methoxy groups -OCH3 is 1. The Morgan fingerprint density at radius 3 is 2.20 bits per heavy atom. The first-order valence-corrected chi connectivity index (χ1v) is 10.7. The largest absolute Gasteiger partial charge is 0.497 e. The van der Waals surface area contributed by atoms with Gasteiger partial charge in [-0.15, -0.1) is 11.8 Å². The summed E-state index contributed by atoms with van der Waals surface area (Å²) in [5.41, 5.74) is 3.10. The first kappa shape index (κ1) is 21.4. The summed E-state index contributed by atoms with van der Waals surface area (Å²) in [6.07, 6.45) is 5.66. The summed E-state index contributed by atoms with van der Waals surface area (Å²) in [6.45, 7) is 0. The predicted octanol–water partition coefficient (Wildman–Crippen LogP) is 5.49. The fourth-order valence-electron chi connectivity index (χ4n) is 2.83. The molecule has 0 atom stereocenters. The van der Waals surface area contributed by atoms with Crippen LogP contribution in [0.2, 0.25) is 0 Å². The van der Waals surface area contributed by atoms with Gasteiger partial charge in [-0.05, 0) is 72.0 Å². The van der Waals surface area contributed by atoms with Crippen LogP contribution in [0.4, 0.5) is 5.69 Å². The second-order valence-corrected chi connectivity index (χ2v) is 7.50. The SMILES string of the molecule is COc1ccc(CC(=O)Nc2ccc(C(=O)/C=C/c3ccc(SC)cc3)cc2)cc1. The number of nitrogens with one attached hydrogen (secondary N) is 1. The maximum Gasteiger partial charge on any atom is 0.228 e. The molecule has 30 heavy (non-hydrogen) atoms. The average molecular weight is 418 g/mol. The van der Waals surface area contributed by atoms with Crippen molar-refractivity contribution in [1.82, 2.24) is 0 Å². The Balaban J connectivity index is 1.55. The molecular weight excluding hydrogens is 394 g/mol. The van der Waals surface area contributed by atoms with E-state index in [-0.39, 0.29) is 18.1 Å². The van der Waals surface area contributed by atoms with Gasteiger partial charge in [0, 0.05) is 16.1 Å². The van der Waals surface area contributed by atoms with Gasteiger partial charge in [0.2, 0.25) is 5.91 Å². The minimum absolute atomic E-state index is 0.0833. The molecule has 0 heterocycles. The predicted molar refractivity (Wildman–Crippen MR) is 123 cm³/mol. The van der Waals surface area contributed by atoms with Crippen LogP contribution in [0.1, 0.15) is 21.5 Å². The molecule has 0 saturated carbocycles. The number of amides is 1. The second-order valence-electron chi connectivity index (χ2n) is 6.62. The van der Waals surface area contributed by atoms with Crippen molar-refractivity contribution >= 4 is 35.2 Å². The number of carbonyl (C=O) groups is 2. The van der Waals surface area contributed by atoms with Crippen LogP contribution >= 0.6 is 11.8 Å². The summed E-state index contributed by atoms with van der Waals surface area (Å²) in [5, 5.41) is 2.85. The Bertz CT molecular complexity index is 1020. The molecule has 0 aromatic heterocycles. The van der Waals surface area contributed by atoms with Gasteiger partial charge >= 0.3 is 0 Å². The van der Waals surface area contributed by atoms with Crippen molar-refractivity contribution in [3.63, 3.8) is 0 Å². The maximum absolute atomic E-state index is 12.4. The molecule has 0 fully saturated rings. The summed E-state index contributed by atoms with van der Waals surface area (Å²) < 4.78 is 5.12. The van der Waals surface area contributed by atoms with E-state index in [9.17, 15) is 9.59 Å². The summed E-state index contributed by atoms with van der Waals surface area (Å²) in [4.78, 5) is 25.8. The third kappa shape index (κ3) is 6.09. The fraction of sp³-hybridized carbons (Fsp3) is 0.120. The first-order valence-electron chi connectivity index (χ1n) is 9.46. The van der Waals surface area contributed by atoms with Crippen molar-refractivity contribution in [3.8, 4) is 5.75 Å². The lowest BCUT2D eigenvalue weighted by Crippen LogP contribution is -2.14. The highest BCUT2D eigenvalue weighted by Gasteiger charge is 2.06. The lowest BCUT2D eigenvalue weighted by molar-refractivity contribution is -0.115. The molecule has 0 aliphatic rings. The Hall–Kier alpha value is -3.31. The van der Waals surface area contributed by atoms with E-state index in [0.717, 1.165) is 16.9 Å². The van der Waals surface area contributed by atoms with Crippen molar-refractivity contribution in [2.45, 2.75) is 11.3 Å². The third-order valence-corrected chi connectivity index (χ3v) is 5.26. The molecule has 1 N–H and O–H groups in total. The van der Waals surface area contributed by atoms with Crippen LogP contribution in [0.15, 0.2) is 83.8 Å². The molecule has 3 aromatic carbocycles. The van der Waals surface area contributed by atoms with Crippen molar-refractivity contribution in [2.24, 2.45) is 0 Å². The maximum atomic E-state index is 12.4. The molecule has 0 unspecified atom stereocenters. The van der Waals surface area contributed by atoms with Crippen LogP contribution < -0.4 is 10.1 Å². The van der Waals surface area contributed by atoms with Crippen molar-refractivity contribution in [3.05, 3.63) is 95.6 Å². The van der Waals surface area contributed by atoms with Crippen LogP contribution in [0.25, 0.3) is 6.08 Å². The van der Waals surface area contributed by atoms with E-state index in [0.29, 0.717) is 11.3 Å². The topological polar surface area (TPSA) is 55.4 Å². The molecule has 1 amide bonds. The Morgan fingerprint density at radius 2 is 1.60 bits per heavy atom. The highest BCUT2D eigenvalue weighted by Crippen LogP contribution is 2.17. The number of thioether (sulfide) groups is 1. The van der Waals surface area contributed by atoms with E-state index >= 15 is 0 Å². The normalized spacial score (nSPS) is 10.7. The van der Waals surface area contributed by atoms with E-state index in [2.05, 4.69) is 5.32 Å². The molecule has 0 aliphatic carbocycles. The molecule has 152 valence electrons. The molecule has 0 bridgehead atoms. The van der Waals surface area contributed by atoms with Gasteiger partial charge in [0.15, 0.2) is 5.78 Å². The lowest BCUT2D eigenvalue weighted by Gasteiger charge is -2.07. The molecule has 0 radical (unpaired) electrons. The average Bonchev–Trinajstić information content (AvgIpc) is 2.78. The molecular formula is C25H23NO3S. The molecule has 4 nitrogen and oxygen atoms in total. The quantitative estimate of drug-likeness (QED) is 0.299. The Labute approximate surface area is 181 Å². The zero-order valence-corrected chi connectivity index (χ0v) is 17.7. The lowest BCUT2D eigenvalue weighted by atomic mass is 10.1. The number of ketones is 1. The summed E-state index contributed by atoms with van der Waals surface area (Å²) in [5.74, 6) is 0.554. The van der Waals surface area contributed by atoms with E-state index in [4.69, 9.17) is 4.74 Å². The number of hydrogen-bond donors (Lipinski definition) is 1. The fourth-order valence-corrected chi connectivity index (χ4v) is 3.24. The smallest absolute Gasteiger partial charge is 0.228 e. The van der Waals surface area contributed by atoms with Gasteiger partial charge in [-0.2, -0.15) is 0 Å². The number of allylic oxidation sites excluding steroid dienone is 1. The number of anilines is 1. The minimum atomic E-state index is -0.118. The van der Waals surface area contributed by atoms with Gasteiger partial charge in [0.05, 0.1) is 13.5 Å². The highest BCUT2D eigenvalue weighted by atomic mass is 32.2. The van der Waals surface area contributed by atoms with Gasteiger partial charge in [0.25, 0.3) is 0 Å². The van der Waals surface area contributed by atoms with E-state index in [1.54, 1.807) is 55.3 Å². The zero-order valence-electron chi connectivity index (χ0n) is 16.9. The van der Waals surface area contributed by atoms with Crippen LogP contribution in [0.3, 0.4) is 0 Å². The molecule has 0 aliphatic heterocycles.